The van der Waals surface area contributed by atoms with E-state index in [1.165, 1.54) is 0 Å². The molecule has 2 bridgehead atoms. The number of amides is 3. The Hall–Kier alpha value is -2.41. The van der Waals surface area contributed by atoms with Gasteiger partial charge in [-0.1, -0.05) is 32.0 Å². The van der Waals surface area contributed by atoms with Gasteiger partial charge >= 0.3 is 0 Å². The molecule has 0 aromatic heterocycles. The third-order valence-electron chi connectivity index (χ3n) is 8.92. The van der Waals surface area contributed by atoms with Gasteiger partial charge in [0.25, 0.3) is 5.91 Å². The van der Waals surface area contributed by atoms with Crippen LogP contribution in [0.3, 0.4) is 0 Å². The van der Waals surface area contributed by atoms with E-state index in [1.54, 1.807) is 4.90 Å². The summed E-state index contributed by atoms with van der Waals surface area (Å²) >= 11 is 0. The summed E-state index contributed by atoms with van der Waals surface area (Å²) in [4.78, 5) is 46.9. The number of fused-ring (bicyclic) bond motifs is 4. The summed E-state index contributed by atoms with van der Waals surface area (Å²) in [5.74, 6) is -0.137. The molecule has 4 fully saturated rings. The van der Waals surface area contributed by atoms with Gasteiger partial charge in [0, 0.05) is 37.3 Å². The van der Waals surface area contributed by atoms with Crippen LogP contribution in [-0.4, -0.2) is 75.8 Å². The Labute approximate surface area is 201 Å². The highest BCUT2D eigenvalue weighted by atomic mass is 16.5. The lowest BCUT2D eigenvalue weighted by Crippen LogP contribution is -2.60. The average molecular weight is 466 g/mol. The molecule has 4 atom stereocenters. The van der Waals surface area contributed by atoms with Gasteiger partial charge in [-0.15, -0.1) is 0 Å². The molecule has 0 saturated carbocycles. The van der Waals surface area contributed by atoms with E-state index in [0.29, 0.717) is 43.8 Å². The number of likely N-dealkylation sites (tertiary alicyclic amines) is 1. The van der Waals surface area contributed by atoms with Crippen LogP contribution in [0.25, 0.3) is 0 Å². The monoisotopic (exact) mass is 465 g/mol. The molecule has 0 aliphatic carbocycles. The number of benzene rings is 1. The van der Waals surface area contributed by atoms with Crippen molar-refractivity contribution in [1.82, 2.24) is 14.7 Å². The second-order valence-electron chi connectivity index (χ2n) is 11.2. The fraction of sp³-hybridized carbons (Fsp3) is 0.667. The summed E-state index contributed by atoms with van der Waals surface area (Å²) < 4.78 is 6.04. The lowest BCUT2D eigenvalue weighted by molar-refractivity contribution is -0.151. The van der Waals surface area contributed by atoms with Crippen molar-refractivity contribution in [1.29, 1.82) is 0 Å². The maximum atomic E-state index is 14.1. The van der Waals surface area contributed by atoms with Crippen LogP contribution in [0.2, 0.25) is 0 Å². The SMILES string of the molecule is CC(C)C(C(=O)N1C[C@H](C(=O)N2C3CCC2CC3)C[C@H]2OCC[C@H]21)N1Cc2ccccc2C1=O. The highest BCUT2D eigenvalue weighted by Gasteiger charge is 2.51. The lowest BCUT2D eigenvalue weighted by atomic mass is 9.87. The van der Waals surface area contributed by atoms with Crippen molar-refractivity contribution in [2.24, 2.45) is 11.8 Å². The minimum atomic E-state index is -0.544. The third kappa shape index (κ3) is 3.38. The number of rotatable bonds is 4. The summed E-state index contributed by atoms with van der Waals surface area (Å²) in [6, 6.07) is 7.84. The normalized spacial score (nSPS) is 33.0. The van der Waals surface area contributed by atoms with Crippen LogP contribution in [0, 0.1) is 11.8 Å². The molecule has 4 saturated heterocycles. The van der Waals surface area contributed by atoms with Gasteiger partial charge in [0.2, 0.25) is 11.8 Å². The van der Waals surface area contributed by atoms with Gasteiger partial charge in [-0.2, -0.15) is 0 Å². The van der Waals surface area contributed by atoms with E-state index in [4.69, 9.17) is 4.74 Å². The Morgan fingerprint density at radius 1 is 1.03 bits per heavy atom. The number of carbonyl (C=O) groups is 3. The maximum Gasteiger partial charge on any atom is 0.255 e. The van der Waals surface area contributed by atoms with E-state index in [9.17, 15) is 14.4 Å². The molecular formula is C27H35N3O4. The molecule has 3 amide bonds. The van der Waals surface area contributed by atoms with Gasteiger partial charge in [-0.25, -0.2) is 0 Å². The van der Waals surface area contributed by atoms with Crippen molar-refractivity contribution in [2.45, 2.75) is 89.2 Å². The highest BCUT2D eigenvalue weighted by molar-refractivity contribution is 6.01. The number of nitrogens with zero attached hydrogens (tertiary/aromatic N) is 3. The molecule has 5 heterocycles. The van der Waals surface area contributed by atoms with Crippen molar-refractivity contribution >= 4 is 17.7 Å². The number of ether oxygens (including phenoxy) is 1. The van der Waals surface area contributed by atoms with E-state index in [1.807, 2.05) is 43.0 Å². The van der Waals surface area contributed by atoms with Gasteiger partial charge in [0.15, 0.2) is 0 Å². The second kappa shape index (κ2) is 8.36. The first-order valence-electron chi connectivity index (χ1n) is 13.1. The molecule has 1 aromatic carbocycles. The second-order valence-corrected chi connectivity index (χ2v) is 11.2. The standard InChI is InChI=1S/C27H35N3O4/c1-16(2)24(29-14-17-5-3-4-6-21(17)26(29)32)27(33)28-15-18(13-23-22(28)11-12-34-23)25(31)30-19-7-8-20(30)10-9-19/h3-6,16,18-20,22-24H,7-15H2,1-2H3/t18-,19?,20?,22-,23-,24?/m1/s1. The number of piperidine rings is 1. The minimum absolute atomic E-state index is 0.00631. The first kappa shape index (κ1) is 22.1. The van der Waals surface area contributed by atoms with E-state index < -0.39 is 6.04 Å². The zero-order valence-electron chi connectivity index (χ0n) is 20.2. The molecule has 0 radical (unpaired) electrons. The van der Waals surface area contributed by atoms with E-state index >= 15 is 0 Å². The Morgan fingerprint density at radius 3 is 2.41 bits per heavy atom. The van der Waals surface area contributed by atoms with Crippen molar-refractivity contribution in [3.63, 3.8) is 0 Å². The molecular weight excluding hydrogens is 430 g/mol. The molecule has 182 valence electrons. The predicted octanol–water partition coefficient (Wildman–Crippen LogP) is 2.83. The Kier molecular flexibility index (Phi) is 5.43. The van der Waals surface area contributed by atoms with E-state index in [-0.39, 0.29) is 41.7 Å². The van der Waals surface area contributed by atoms with Gasteiger partial charge < -0.3 is 19.4 Å². The maximum absolute atomic E-state index is 14.1. The topological polar surface area (TPSA) is 70.2 Å². The van der Waals surface area contributed by atoms with Crippen LogP contribution in [0.4, 0.5) is 0 Å². The van der Waals surface area contributed by atoms with Crippen LogP contribution >= 0.6 is 0 Å². The van der Waals surface area contributed by atoms with Crippen LogP contribution in [0.1, 0.15) is 68.3 Å². The Morgan fingerprint density at radius 2 is 1.74 bits per heavy atom. The van der Waals surface area contributed by atoms with Crippen LogP contribution in [0.15, 0.2) is 24.3 Å². The third-order valence-corrected chi connectivity index (χ3v) is 8.92. The summed E-state index contributed by atoms with van der Waals surface area (Å²) in [7, 11) is 0. The first-order chi connectivity index (χ1) is 16.4. The molecule has 0 N–H and O–H groups in total. The average Bonchev–Trinajstić information content (AvgIpc) is 3.62. The van der Waals surface area contributed by atoms with E-state index in [2.05, 4.69) is 4.90 Å². The smallest absolute Gasteiger partial charge is 0.255 e. The molecule has 1 aromatic rings. The Bertz CT molecular complexity index is 989. The summed E-state index contributed by atoms with van der Waals surface area (Å²) in [6.07, 6.45) is 5.85. The molecule has 34 heavy (non-hydrogen) atoms. The zero-order valence-corrected chi connectivity index (χ0v) is 20.2. The van der Waals surface area contributed by atoms with Crippen LogP contribution in [-0.2, 0) is 20.9 Å². The minimum Gasteiger partial charge on any atom is -0.376 e. The van der Waals surface area contributed by atoms with Gasteiger partial charge in [-0.3, -0.25) is 14.4 Å². The molecule has 7 heteroatoms. The largest absolute Gasteiger partial charge is 0.376 e. The van der Waals surface area contributed by atoms with Crippen molar-refractivity contribution < 1.29 is 19.1 Å². The molecule has 7 nitrogen and oxygen atoms in total. The fourth-order valence-electron chi connectivity index (χ4n) is 7.31. The van der Waals surface area contributed by atoms with Crippen molar-refractivity contribution in [2.75, 3.05) is 13.2 Å². The van der Waals surface area contributed by atoms with E-state index in [0.717, 1.165) is 37.7 Å². The van der Waals surface area contributed by atoms with Crippen LogP contribution in [0.5, 0.6) is 0 Å². The van der Waals surface area contributed by atoms with Crippen LogP contribution < -0.4 is 0 Å². The van der Waals surface area contributed by atoms with Gasteiger partial charge in [0.05, 0.1) is 18.1 Å². The summed E-state index contributed by atoms with van der Waals surface area (Å²) in [5.41, 5.74) is 1.67. The molecule has 5 aliphatic rings. The quantitative estimate of drug-likeness (QED) is 0.686. The molecule has 5 aliphatic heterocycles. The predicted molar refractivity (Wildman–Crippen MR) is 126 cm³/mol. The first-order valence-corrected chi connectivity index (χ1v) is 13.1. The summed E-state index contributed by atoms with van der Waals surface area (Å²) in [6.45, 7) is 5.54. The number of hydrogen-bond acceptors (Lipinski definition) is 4. The van der Waals surface area contributed by atoms with Crippen molar-refractivity contribution in [3.05, 3.63) is 35.4 Å². The molecule has 1 unspecified atom stereocenters. The Balaban J connectivity index is 1.26. The highest BCUT2D eigenvalue weighted by Crippen LogP contribution is 2.41. The zero-order chi connectivity index (χ0) is 23.6. The molecule has 0 spiro atoms. The number of carbonyl (C=O) groups excluding carboxylic acids is 3. The lowest BCUT2D eigenvalue weighted by Gasteiger charge is -2.44. The number of hydrogen-bond donors (Lipinski definition) is 0. The van der Waals surface area contributed by atoms with Crippen molar-refractivity contribution in [3.8, 4) is 0 Å². The molecule has 6 rings (SSSR count). The fourth-order valence-corrected chi connectivity index (χ4v) is 7.31. The van der Waals surface area contributed by atoms with Gasteiger partial charge in [0.1, 0.15) is 6.04 Å². The van der Waals surface area contributed by atoms with Gasteiger partial charge in [-0.05, 0) is 56.1 Å². The summed E-state index contributed by atoms with van der Waals surface area (Å²) in [5, 5.41) is 0.